The lowest BCUT2D eigenvalue weighted by Gasteiger charge is -2.49. The lowest BCUT2D eigenvalue weighted by atomic mass is 9.63. The Morgan fingerprint density at radius 1 is 1.15 bits per heavy atom. The third-order valence-electron chi connectivity index (χ3n) is 6.06. The Hall–Kier alpha value is -3.08. The van der Waals surface area contributed by atoms with Crippen molar-refractivity contribution in [3.8, 4) is 21.7 Å². The smallest absolute Gasteiger partial charge is 0.390 e. The first-order chi connectivity index (χ1) is 16.0. The molecule has 0 spiro atoms. The second-order valence-electron chi connectivity index (χ2n) is 9.08. The highest BCUT2D eigenvalue weighted by Gasteiger charge is 2.49. The molecule has 3 N–H and O–H groups in total. The molecule has 34 heavy (non-hydrogen) atoms. The standard InChI is InChI=1S/C24H21F3N4O2S/c1-22(33)10-23(28,11-22)15-7-5-14(6-8-15)19-17(16-4-2-3-9-29-16)18-20(34-19)30-13-31(21(18)32)12-24(25,26)27/h2-9,13,33H,10-12,28H2,1H3. The van der Waals surface area contributed by atoms with E-state index in [4.69, 9.17) is 5.73 Å². The van der Waals surface area contributed by atoms with Crippen LogP contribution in [0.4, 0.5) is 13.2 Å². The van der Waals surface area contributed by atoms with Crippen LogP contribution < -0.4 is 11.3 Å². The van der Waals surface area contributed by atoms with Gasteiger partial charge in [0.2, 0.25) is 0 Å². The van der Waals surface area contributed by atoms with Crippen LogP contribution in [0.15, 0.2) is 59.8 Å². The van der Waals surface area contributed by atoms with E-state index in [1.165, 1.54) is 11.3 Å². The van der Waals surface area contributed by atoms with E-state index >= 15 is 0 Å². The molecule has 3 heterocycles. The number of nitrogens with zero attached hydrogens (tertiary/aromatic N) is 3. The lowest BCUT2D eigenvalue weighted by molar-refractivity contribution is -0.141. The van der Waals surface area contributed by atoms with Crippen LogP contribution in [0.3, 0.4) is 0 Å². The van der Waals surface area contributed by atoms with Gasteiger partial charge in [-0.05, 0) is 43.0 Å². The van der Waals surface area contributed by atoms with Gasteiger partial charge < -0.3 is 10.8 Å². The van der Waals surface area contributed by atoms with Crippen LogP contribution in [0.25, 0.3) is 31.9 Å². The molecular weight excluding hydrogens is 465 g/mol. The third kappa shape index (κ3) is 4.02. The number of hydrogen-bond acceptors (Lipinski definition) is 6. The fraction of sp³-hybridized carbons (Fsp3) is 0.292. The Balaban J connectivity index is 1.66. The second kappa shape index (κ2) is 7.72. The summed E-state index contributed by atoms with van der Waals surface area (Å²) in [5.41, 5.74) is 6.86. The first kappa shape index (κ1) is 22.7. The van der Waals surface area contributed by atoms with Crippen LogP contribution in [0.1, 0.15) is 25.3 Å². The van der Waals surface area contributed by atoms with Crippen molar-refractivity contribution >= 4 is 21.6 Å². The van der Waals surface area contributed by atoms with Crippen molar-refractivity contribution < 1.29 is 18.3 Å². The molecular formula is C24H21F3N4O2S. The van der Waals surface area contributed by atoms with Gasteiger partial charge in [0.25, 0.3) is 5.56 Å². The highest BCUT2D eigenvalue weighted by molar-refractivity contribution is 7.22. The summed E-state index contributed by atoms with van der Waals surface area (Å²) in [5, 5.41) is 10.2. The number of thiophene rings is 1. The summed E-state index contributed by atoms with van der Waals surface area (Å²) in [5.74, 6) is 0. The van der Waals surface area contributed by atoms with E-state index in [0.29, 0.717) is 38.4 Å². The van der Waals surface area contributed by atoms with Gasteiger partial charge in [-0.25, -0.2) is 4.98 Å². The molecule has 10 heteroatoms. The molecule has 0 atom stereocenters. The van der Waals surface area contributed by atoms with Gasteiger partial charge in [0.1, 0.15) is 11.4 Å². The van der Waals surface area contributed by atoms with E-state index < -0.39 is 29.4 Å². The number of nitrogens with two attached hydrogens (primary N) is 1. The van der Waals surface area contributed by atoms with Gasteiger partial charge in [-0.15, -0.1) is 11.3 Å². The third-order valence-corrected chi connectivity index (χ3v) is 7.21. The van der Waals surface area contributed by atoms with Crippen molar-refractivity contribution in [2.75, 3.05) is 0 Å². The molecule has 0 bridgehead atoms. The maximum atomic E-state index is 13.1. The molecule has 0 saturated heterocycles. The molecule has 1 aliphatic rings. The van der Waals surface area contributed by atoms with Crippen LogP contribution in [-0.4, -0.2) is 31.4 Å². The first-order valence-electron chi connectivity index (χ1n) is 10.6. The minimum atomic E-state index is -4.55. The molecule has 0 unspecified atom stereocenters. The van der Waals surface area contributed by atoms with E-state index in [-0.39, 0.29) is 5.39 Å². The number of alkyl halides is 3. The Bertz CT molecular complexity index is 1420. The summed E-state index contributed by atoms with van der Waals surface area (Å²) in [6.45, 7) is 0.333. The quantitative estimate of drug-likeness (QED) is 0.445. The summed E-state index contributed by atoms with van der Waals surface area (Å²) in [6.07, 6.45) is -1.15. The lowest BCUT2D eigenvalue weighted by Crippen LogP contribution is -2.58. The van der Waals surface area contributed by atoms with Gasteiger partial charge in [0.05, 0.1) is 23.0 Å². The molecule has 1 fully saturated rings. The average molecular weight is 487 g/mol. The number of fused-ring (bicyclic) bond motifs is 1. The average Bonchev–Trinajstić information content (AvgIpc) is 3.14. The van der Waals surface area contributed by atoms with E-state index in [0.717, 1.165) is 17.5 Å². The number of hydrogen-bond donors (Lipinski definition) is 2. The molecule has 0 radical (unpaired) electrons. The maximum Gasteiger partial charge on any atom is 0.406 e. The highest BCUT2D eigenvalue weighted by atomic mass is 32.1. The summed E-state index contributed by atoms with van der Waals surface area (Å²) in [4.78, 5) is 22.6. The minimum absolute atomic E-state index is 0.111. The second-order valence-corrected chi connectivity index (χ2v) is 10.1. The molecule has 1 aromatic carbocycles. The fourth-order valence-corrected chi connectivity index (χ4v) is 5.90. The minimum Gasteiger partial charge on any atom is -0.390 e. The number of aliphatic hydroxyl groups is 1. The number of pyridine rings is 1. The predicted octanol–water partition coefficient (Wildman–Crippen LogP) is 4.45. The molecule has 6 nitrogen and oxygen atoms in total. The number of benzene rings is 1. The molecule has 176 valence electrons. The van der Waals surface area contributed by atoms with Crippen molar-refractivity contribution in [1.29, 1.82) is 0 Å². The first-order valence-corrected chi connectivity index (χ1v) is 11.4. The topological polar surface area (TPSA) is 94.0 Å². The van der Waals surface area contributed by atoms with Crippen molar-refractivity contribution in [2.45, 2.75) is 43.6 Å². The molecule has 3 aromatic heterocycles. The number of halogens is 3. The van der Waals surface area contributed by atoms with E-state index in [1.807, 2.05) is 24.3 Å². The SMILES string of the molecule is CC1(O)CC(N)(c2ccc(-c3sc4ncn(CC(F)(F)F)c(=O)c4c3-c3ccccn3)cc2)C1. The highest BCUT2D eigenvalue weighted by Crippen LogP contribution is 2.47. The van der Waals surface area contributed by atoms with Crippen molar-refractivity contribution in [2.24, 2.45) is 5.73 Å². The molecule has 0 aliphatic heterocycles. The van der Waals surface area contributed by atoms with Gasteiger partial charge >= 0.3 is 6.18 Å². The van der Waals surface area contributed by atoms with Crippen LogP contribution in [-0.2, 0) is 12.1 Å². The maximum absolute atomic E-state index is 13.1. The normalized spacial score (nSPS) is 22.6. The zero-order valence-electron chi connectivity index (χ0n) is 18.1. The van der Waals surface area contributed by atoms with Gasteiger partial charge in [-0.2, -0.15) is 13.2 Å². The Morgan fingerprint density at radius 2 is 1.85 bits per heavy atom. The molecule has 1 saturated carbocycles. The summed E-state index contributed by atoms with van der Waals surface area (Å²) < 4.78 is 39.6. The molecule has 0 amide bonds. The Morgan fingerprint density at radius 3 is 2.44 bits per heavy atom. The van der Waals surface area contributed by atoms with Gasteiger partial charge in [-0.3, -0.25) is 14.3 Å². The Kier molecular flexibility index (Phi) is 5.16. The summed E-state index contributed by atoms with van der Waals surface area (Å²) in [6, 6.07) is 12.7. The van der Waals surface area contributed by atoms with Crippen molar-refractivity contribution in [3.05, 3.63) is 70.9 Å². The van der Waals surface area contributed by atoms with E-state index in [2.05, 4.69) is 9.97 Å². The van der Waals surface area contributed by atoms with Gasteiger partial charge in [0, 0.05) is 22.2 Å². The fourth-order valence-electron chi connectivity index (χ4n) is 4.76. The zero-order valence-corrected chi connectivity index (χ0v) is 19.0. The Labute approximate surface area is 196 Å². The van der Waals surface area contributed by atoms with Gasteiger partial charge in [0.15, 0.2) is 0 Å². The largest absolute Gasteiger partial charge is 0.406 e. The number of rotatable bonds is 4. The molecule has 4 aromatic rings. The number of aromatic nitrogens is 3. The zero-order chi connectivity index (χ0) is 24.3. The predicted molar refractivity (Wildman–Crippen MR) is 124 cm³/mol. The van der Waals surface area contributed by atoms with Crippen LogP contribution in [0.5, 0.6) is 0 Å². The van der Waals surface area contributed by atoms with E-state index in [1.54, 1.807) is 31.3 Å². The summed E-state index contributed by atoms with van der Waals surface area (Å²) >= 11 is 1.23. The summed E-state index contributed by atoms with van der Waals surface area (Å²) in [7, 11) is 0. The van der Waals surface area contributed by atoms with Crippen LogP contribution in [0.2, 0.25) is 0 Å². The van der Waals surface area contributed by atoms with Crippen molar-refractivity contribution in [1.82, 2.24) is 14.5 Å². The monoisotopic (exact) mass is 486 g/mol. The molecule has 5 rings (SSSR count). The molecule has 1 aliphatic carbocycles. The van der Waals surface area contributed by atoms with Crippen LogP contribution >= 0.6 is 11.3 Å². The van der Waals surface area contributed by atoms with Gasteiger partial charge in [-0.1, -0.05) is 30.3 Å². The van der Waals surface area contributed by atoms with Crippen LogP contribution in [0, 0.1) is 0 Å². The van der Waals surface area contributed by atoms with E-state index in [9.17, 15) is 23.1 Å². The van der Waals surface area contributed by atoms with Crippen molar-refractivity contribution in [3.63, 3.8) is 0 Å².